The highest BCUT2D eigenvalue weighted by atomic mass is 32.2. The Balaban J connectivity index is 3.45. The lowest BCUT2D eigenvalue weighted by atomic mass is 10.1. The molecule has 0 radical (unpaired) electrons. The molecule has 0 amide bonds. The maximum Gasteiger partial charge on any atom is 0.246 e. The molecule has 108 valence electrons. The number of halogens is 2. The summed E-state index contributed by atoms with van der Waals surface area (Å²) in [6, 6.07) is 1.54. The number of anilines is 1. The van der Waals surface area contributed by atoms with Gasteiger partial charge < -0.3 is 10.8 Å². The molecule has 3 N–H and O–H groups in total. The van der Waals surface area contributed by atoms with Crippen LogP contribution in [0.1, 0.15) is 13.8 Å². The third-order valence-corrected chi connectivity index (χ3v) is 4.96. The van der Waals surface area contributed by atoms with Gasteiger partial charge in [0.15, 0.2) is 11.6 Å². The molecular formula is C11H16F2N2O3S. The fourth-order valence-electron chi connectivity index (χ4n) is 1.34. The van der Waals surface area contributed by atoms with Crippen molar-refractivity contribution in [3.05, 3.63) is 23.8 Å². The van der Waals surface area contributed by atoms with Crippen LogP contribution in [0.25, 0.3) is 0 Å². The third-order valence-electron chi connectivity index (χ3n) is 2.89. The minimum absolute atomic E-state index is 0.201. The highest BCUT2D eigenvalue weighted by molar-refractivity contribution is 7.89. The van der Waals surface area contributed by atoms with Crippen molar-refractivity contribution in [1.82, 2.24) is 4.31 Å². The van der Waals surface area contributed by atoms with Crippen molar-refractivity contribution in [2.24, 2.45) is 0 Å². The van der Waals surface area contributed by atoms with Crippen LogP contribution in [0.5, 0.6) is 0 Å². The van der Waals surface area contributed by atoms with Crippen molar-refractivity contribution in [2.45, 2.75) is 24.3 Å². The van der Waals surface area contributed by atoms with Crippen molar-refractivity contribution in [3.8, 4) is 0 Å². The van der Waals surface area contributed by atoms with Gasteiger partial charge in [0.2, 0.25) is 10.0 Å². The first kappa shape index (κ1) is 15.8. The third kappa shape index (κ3) is 2.85. The lowest BCUT2D eigenvalue weighted by Gasteiger charge is -2.32. The number of rotatable bonds is 4. The molecule has 0 bridgehead atoms. The van der Waals surface area contributed by atoms with E-state index in [0.717, 1.165) is 10.4 Å². The minimum atomic E-state index is -4.31. The highest BCUT2D eigenvalue weighted by Gasteiger charge is 2.36. The van der Waals surface area contributed by atoms with Gasteiger partial charge in [0.1, 0.15) is 4.90 Å². The van der Waals surface area contributed by atoms with Crippen LogP contribution in [0.4, 0.5) is 14.5 Å². The van der Waals surface area contributed by atoms with Crippen LogP contribution in [-0.4, -0.2) is 37.0 Å². The maximum absolute atomic E-state index is 13.6. The van der Waals surface area contributed by atoms with E-state index in [1.54, 1.807) is 0 Å². The van der Waals surface area contributed by atoms with Gasteiger partial charge in [-0.2, -0.15) is 4.31 Å². The molecule has 0 unspecified atom stereocenters. The summed E-state index contributed by atoms with van der Waals surface area (Å²) >= 11 is 0. The predicted octanol–water partition coefficient (Wildman–Crippen LogP) is 0.938. The topological polar surface area (TPSA) is 83.6 Å². The summed E-state index contributed by atoms with van der Waals surface area (Å²) in [7, 11) is -3.13. The number of sulfonamides is 1. The summed E-state index contributed by atoms with van der Waals surface area (Å²) < 4.78 is 52.1. The first-order valence-electron chi connectivity index (χ1n) is 5.38. The largest absolute Gasteiger partial charge is 0.399 e. The summed E-state index contributed by atoms with van der Waals surface area (Å²) in [4.78, 5) is -0.853. The summed E-state index contributed by atoms with van der Waals surface area (Å²) in [6.45, 7) is 2.42. The number of nitrogens with two attached hydrogens (primary N) is 1. The molecule has 1 aromatic carbocycles. The number of likely N-dealkylation sites (N-methyl/N-ethyl adjacent to an activating group) is 1. The van der Waals surface area contributed by atoms with Crippen molar-refractivity contribution in [3.63, 3.8) is 0 Å². The van der Waals surface area contributed by atoms with Crippen molar-refractivity contribution in [1.29, 1.82) is 0 Å². The van der Waals surface area contributed by atoms with E-state index in [-0.39, 0.29) is 5.69 Å². The number of hydrogen-bond acceptors (Lipinski definition) is 4. The van der Waals surface area contributed by atoms with E-state index < -0.39 is 38.7 Å². The van der Waals surface area contributed by atoms with E-state index in [1.807, 2.05) is 0 Å². The number of hydrogen-bond donors (Lipinski definition) is 2. The Morgan fingerprint density at radius 2 is 1.89 bits per heavy atom. The van der Waals surface area contributed by atoms with Crippen molar-refractivity contribution >= 4 is 15.7 Å². The zero-order valence-corrected chi connectivity index (χ0v) is 11.6. The molecule has 19 heavy (non-hydrogen) atoms. The van der Waals surface area contributed by atoms with Gasteiger partial charge in [-0.1, -0.05) is 0 Å². The average Bonchev–Trinajstić information content (AvgIpc) is 2.32. The molecule has 0 fully saturated rings. The molecule has 8 heteroatoms. The molecule has 1 rings (SSSR count). The van der Waals surface area contributed by atoms with E-state index in [0.29, 0.717) is 6.07 Å². The van der Waals surface area contributed by atoms with E-state index in [2.05, 4.69) is 0 Å². The van der Waals surface area contributed by atoms with Gasteiger partial charge in [-0.05, 0) is 26.0 Å². The molecule has 0 saturated carbocycles. The summed E-state index contributed by atoms with van der Waals surface area (Å²) in [5.74, 6) is -2.83. The molecule has 0 aromatic heterocycles. The Kier molecular flexibility index (Phi) is 4.18. The van der Waals surface area contributed by atoms with Gasteiger partial charge in [0.25, 0.3) is 0 Å². The van der Waals surface area contributed by atoms with Gasteiger partial charge in [0, 0.05) is 12.7 Å². The molecule has 0 aliphatic heterocycles. The Bertz CT molecular complexity index is 588. The van der Waals surface area contributed by atoms with Crippen LogP contribution in [0.3, 0.4) is 0 Å². The second-order valence-electron chi connectivity index (χ2n) is 4.76. The van der Waals surface area contributed by atoms with Gasteiger partial charge in [-0.3, -0.25) is 0 Å². The van der Waals surface area contributed by atoms with E-state index >= 15 is 0 Å². The SMILES string of the molecule is CN(C(C)(C)CO)S(=O)(=O)c1cc(N)cc(F)c1F. The number of aliphatic hydroxyl groups is 1. The number of nitrogen functional groups attached to an aromatic ring is 1. The quantitative estimate of drug-likeness (QED) is 0.809. The van der Waals surface area contributed by atoms with Gasteiger partial charge in [0.05, 0.1) is 12.1 Å². The molecule has 5 nitrogen and oxygen atoms in total. The molecule has 0 aliphatic rings. The first-order valence-corrected chi connectivity index (χ1v) is 6.82. The molecule has 0 heterocycles. The van der Waals surface area contributed by atoms with Crippen molar-refractivity contribution in [2.75, 3.05) is 19.4 Å². The Morgan fingerprint density at radius 1 is 1.37 bits per heavy atom. The van der Waals surface area contributed by atoms with Crippen LogP contribution in [0.2, 0.25) is 0 Å². The Morgan fingerprint density at radius 3 is 2.37 bits per heavy atom. The molecular weight excluding hydrogens is 278 g/mol. The predicted molar refractivity (Wildman–Crippen MR) is 66.9 cm³/mol. The zero-order valence-electron chi connectivity index (χ0n) is 10.8. The fourth-order valence-corrected chi connectivity index (χ4v) is 2.96. The van der Waals surface area contributed by atoms with Crippen LogP contribution < -0.4 is 5.73 Å². The molecule has 0 aliphatic carbocycles. The number of nitrogens with zero attached hydrogens (tertiary/aromatic N) is 1. The maximum atomic E-state index is 13.6. The van der Waals surface area contributed by atoms with Crippen LogP contribution in [-0.2, 0) is 10.0 Å². The molecule has 0 saturated heterocycles. The van der Waals surface area contributed by atoms with Gasteiger partial charge >= 0.3 is 0 Å². The Labute approximate surface area is 110 Å². The molecule has 0 spiro atoms. The van der Waals surface area contributed by atoms with E-state index in [1.165, 1.54) is 20.9 Å². The smallest absolute Gasteiger partial charge is 0.246 e. The fraction of sp³-hybridized carbons (Fsp3) is 0.455. The molecule has 1 aromatic rings. The number of aliphatic hydroxyl groups excluding tert-OH is 1. The second-order valence-corrected chi connectivity index (χ2v) is 6.70. The van der Waals surface area contributed by atoms with Gasteiger partial charge in [-0.15, -0.1) is 0 Å². The van der Waals surface area contributed by atoms with Crippen molar-refractivity contribution < 1.29 is 22.3 Å². The van der Waals surface area contributed by atoms with Crippen LogP contribution in [0, 0.1) is 11.6 Å². The second kappa shape index (κ2) is 5.03. The van der Waals surface area contributed by atoms with E-state index in [4.69, 9.17) is 10.8 Å². The summed E-state index contributed by atoms with van der Waals surface area (Å²) in [6.07, 6.45) is 0. The lowest BCUT2D eigenvalue weighted by Crippen LogP contribution is -2.47. The monoisotopic (exact) mass is 294 g/mol. The van der Waals surface area contributed by atoms with Gasteiger partial charge in [-0.25, -0.2) is 17.2 Å². The molecule has 0 atom stereocenters. The van der Waals surface area contributed by atoms with Crippen LogP contribution in [0.15, 0.2) is 17.0 Å². The summed E-state index contributed by atoms with van der Waals surface area (Å²) in [5.41, 5.74) is 3.97. The Hall–Kier alpha value is -1.25. The van der Waals surface area contributed by atoms with E-state index in [9.17, 15) is 17.2 Å². The normalized spacial score (nSPS) is 13.0. The number of benzene rings is 1. The average molecular weight is 294 g/mol. The highest BCUT2D eigenvalue weighted by Crippen LogP contribution is 2.27. The zero-order chi connectivity index (χ0) is 15.0. The lowest BCUT2D eigenvalue weighted by molar-refractivity contribution is 0.137. The first-order chi connectivity index (χ1) is 8.54. The summed E-state index contributed by atoms with van der Waals surface area (Å²) in [5, 5.41) is 9.15. The standard InChI is InChI=1S/C11H16F2N2O3S/c1-11(2,6-16)15(3)19(17,18)9-5-7(14)4-8(12)10(9)13/h4-5,16H,6,14H2,1-3H3. The minimum Gasteiger partial charge on any atom is -0.399 e. The van der Waals surface area contributed by atoms with Crippen LogP contribution >= 0.6 is 0 Å².